The summed E-state index contributed by atoms with van der Waals surface area (Å²) < 4.78 is 14.5. The standard InChI is InChI=1S/C12H12ClFN2/c1-8(13)12-7-15-16(9(12)2)11-5-3-10(14)4-6-11/h3-8H,1-2H3. The molecular weight excluding hydrogens is 227 g/mol. The van der Waals surface area contributed by atoms with Crippen LogP contribution in [0.15, 0.2) is 30.5 Å². The molecule has 2 aromatic rings. The SMILES string of the molecule is Cc1c(C(C)Cl)cnn1-c1ccc(F)cc1. The second kappa shape index (κ2) is 4.26. The molecule has 2 rings (SSSR count). The number of benzene rings is 1. The van der Waals surface area contributed by atoms with E-state index in [1.807, 2.05) is 13.8 Å². The molecule has 1 unspecified atom stereocenters. The van der Waals surface area contributed by atoms with Crippen LogP contribution >= 0.6 is 11.6 Å². The van der Waals surface area contributed by atoms with Gasteiger partial charge in [0.15, 0.2) is 0 Å². The van der Waals surface area contributed by atoms with Crippen molar-refractivity contribution >= 4 is 11.6 Å². The van der Waals surface area contributed by atoms with Crippen LogP contribution in [0, 0.1) is 12.7 Å². The molecule has 1 atom stereocenters. The van der Waals surface area contributed by atoms with E-state index in [1.165, 1.54) is 12.1 Å². The average molecular weight is 239 g/mol. The van der Waals surface area contributed by atoms with Gasteiger partial charge in [0.05, 0.1) is 17.3 Å². The summed E-state index contributed by atoms with van der Waals surface area (Å²) in [7, 11) is 0. The molecule has 1 aromatic heterocycles. The van der Waals surface area contributed by atoms with E-state index in [1.54, 1.807) is 23.0 Å². The Morgan fingerprint density at radius 2 is 1.94 bits per heavy atom. The molecule has 0 saturated heterocycles. The highest BCUT2D eigenvalue weighted by molar-refractivity contribution is 6.20. The molecule has 0 N–H and O–H groups in total. The monoisotopic (exact) mass is 238 g/mol. The average Bonchev–Trinajstić information content (AvgIpc) is 2.61. The van der Waals surface area contributed by atoms with Crippen LogP contribution in [-0.4, -0.2) is 9.78 Å². The van der Waals surface area contributed by atoms with Crippen molar-refractivity contribution in [2.45, 2.75) is 19.2 Å². The third-order valence-electron chi connectivity index (χ3n) is 2.55. The molecule has 2 nitrogen and oxygen atoms in total. The van der Waals surface area contributed by atoms with Crippen molar-refractivity contribution in [1.82, 2.24) is 9.78 Å². The first-order valence-corrected chi connectivity index (χ1v) is 5.48. The van der Waals surface area contributed by atoms with Crippen LogP contribution in [0.1, 0.15) is 23.6 Å². The number of nitrogens with zero attached hydrogens (tertiary/aromatic N) is 2. The lowest BCUT2D eigenvalue weighted by Crippen LogP contribution is -1.99. The third-order valence-corrected chi connectivity index (χ3v) is 2.78. The predicted molar refractivity (Wildman–Crippen MR) is 62.5 cm³/mol. The summed E-state index contributed by atoms with van der Waals surface area (Å²) in [5, 5.41) is 4.17. The van der Waals surface area contributed by atoms with Crippen LogP contribution in [0.4, 0.5) is 4.39 Å². The summed E-state index contributed by atoms with van der Waals surface area (Å²) in [5.74, 6) is -0.250. The molecule has 1 heterocycles. The van der Waals surface area contributed by atoms with Crippen LogP contribution in [0.2, 0.25) is 0 Å². The Morgan fingerprint density at radius 3 is 2.44 bits per heavy atom. The van der Waals surface area contributed by atoms with Gasteiger partial charge in [-0.1, -0.05) is 0 Å². The first-order valence-electron chi connectivity index (χ1n) is 5.04. The van der Waals surface area contributed by atoms with E-state index >= 15 is 0 Å². The lowest BCUT2D eigenvalue weighted by Gasteiger charge is -2.06. The number of hydrogen-bond acceptors (Lipinski definition) is 1. The van der Waals surface area contributed by atoms with Gasteiger partial charge in [0, 0.05) is 11.3 Å². The molecule has 0 bridgehead atoms. The van der Waals surface area contributed by atoms with Gasteiger partial charge < -0.3 is 0 Å². The highest BCUT2D eigenvalue weighted by Crippen LogP contribution is 2.24. The van der Waals surface area contributed by atoms with Gasteiger partial charge in [-0.15, -0.1) is 11.6 Å². The summed E-state index contributed by atoms with van der Waals surface area (Å²) >= 11 is 6.02. The Morgan fingerprint density at radius 1 is 1.31 bits per heavy atom. The highest BCUT2D eigenvalue weighted by atomic mass is 35.5. The maximum atomic E-state index is 12.8. The van der Waals surface area contributed by atoms with Crippen LogP contribution in [-0.2, 0) is 0 Å². The second-order valence-electron chi connectivity index (χ2n) is 3.69. The van der Waals surface area contributed by atoms with E-state index in [9.17, 15) is 4.39 Å². The molecule has 0 aliphatic rings. The van der Waals surface area contributed by atoms with E-state index in [2.05, 4.69) is 5.10 Å². The first kappa shape index (κ1) is 11.1. The van der Waals surface area contributed by atoms with Crippen LogP contribution in [0.3, 0.4) is 0 Å². The Bertz CT molecular complexity index is 488. The van der Waals surface area contributed by atoms with Gasteiger partial charge in [0.2, 0.25) is 0 Å². The molecule has 0 spiro atoms. The quantitative estimate of drug-likeness (QED) is 0.731. The Balaban J connectivity index is 2.45. The lowest BCUT2D eigenvalue weighted by atomic mass is 10.2. The topological polar surface area (TPSA) is 17.8 Å². The molecule has 0 aliphatic heterocycles. The van der Waals surface area contributed by atoms with E-state index in [-0.39, 0.29) is 11.2 Å². The molecule has 0 aliphatic carbocycles. The van der Waals surface area contributed by atoms with E-state index in [0.29, 0.717) is 0 Å². The van der Waals surface area contributed by atoms with Crippen molar-refractivity contribution in [3.8, 4) is 5.69 Å². The Labute approximate surface area is 98.7 Å². The van der Waals surface area contributed by atoms with Crippen molar-refractivity contribution in [3.63, 3.8) is 0 Å². The molecule has 0 amide bonds. The smallest absolute Gasteiger partial charge is 0.123 e. The van der Waals surface area contributed by atoms with E-state index in [4.69, 9.17) is 11.6 Å². The van der Waals surface area contributed by atoms with Gasteiger partial charge >= 0.3 is 0 Å². The molecule has 0 fully saturated rings. The highest BCUT2D eigenvalue weighted by Gasteiger charge is 2.11. The van der Waals surface area contributed by atoms with Crippen molar-refractivity contribution in [1.29, 1.82) is 0 Å². The fourth-order valence-corrected chi connectivity index (χ4v) is 1.87. The molecule has 1 aromatic carbocycles. The van der Waals surface area contributed by atoms with Gasteiger partial charge in [-0.3, -0.25) is 0 Å². The van der Waals surface area contributed by atoms with Gasteiger partial charge in [-0.05, 0) is 38.1 Å². The van der Waals surface area contributed by atoms with E-state index in [0.717, 1.165) is 16.9 Å². The van der Waals surface area contributed by atoms with Crippen molar-refractivity contribution < 1.29 is 4.39 Å². The zero-order chi connectivity index (χ0) is 11.7. The minimum atomic E-state index is -0.250. The van der Waals surface area contributed by atoms with E-state index < -0.39 is 0 Å². The zero-order valence-corrected chi connectivity index (χ0v) is 9.87. The number of rotatable bonds is 2. The second-order valence-corrected chi connectivity index (χ2v) is 4.34. The fourth-order valence-electron chi connectivity index (χ4n) is 1.66. The van der Waals surface area contributed by atoms with Crippen LogP contribution in [0.5, 0.6) is 0 Å². The van der Waals surface area contributed by atoms with Crippen molar-refractivity contribution in [2.24, 2.45) is 0 Å². The van der Waals surface area contributed by atoms with Crippen molar-refractivity contribution in [3.05, 3.63) is 47.5 Å². The first-order chi connectivity index (χ1) is 7.59. The van der Waals surface area contributed by atoms with Crippen molar-refractivity contribution in [2.75, 3.05) is 0 Å². The number of hydrogen-bond donors (Lipinski definition) is 0. The van der Waals surface area contributed by atoms with Gasteiger partial charge in [0.25, 0.3) is 0 Å². The molecule has 0 radical (unpaired) electrons. The Hall–Kier alpha value is -1.35. The maximum Gasteiger partial charge on any atom is 0.123 e. The number of aromatic nitrogens is 2. The minimum Gasteiger partial charge on any atom is -0.238 e. The summed E-state index contributed by atoms with van der Waals surface area (Å²) in [4.78, 5) is 0. The van der Waals surface area contributed by atoms with Crippen LogP contribution < -0.4 is 0 Å². The number of halogens is 2. The molecular formula is C12H12ClFN2. The largest absolute Gasteiger partial charge is 0.238 e. The summed E-state index contributed by atoms with van der Waals surface area (Å²) in [6.07, 6.45) is 1.75. The fraction of sp³-hybridized carbons (Fsp3) is 0.250. The molecule has 16 heavy (non-hydrogen) atoms. The van der Waals surface area contributed by atoms with Crippen LogP contribution in [0.25, 0.3) is 5.69 Å². The zero-order valence-electron chi connectivity index (χ0n) is 9.11. The maximum absolute atomic E-state index is 12.8. The predicted octanol–water partition coefficient (Wildman–Crippen LogP) is 3.62. The van der Waals surface area contributed by atoms with Gasteiger partial charge in [-0.25, -0.2) is 9.07 Å². The molecule has 84 valence electrons. The Kier molecular flexibility index (Phi) is 2.97. The normalized spacial score (nSPS) is 12.8. The summed E-state index contributed by atoms with van der Waals surface area (Å²) in [6, 6.07) is 6.22. The molecule has 0 saturated carbocycles. The summed E-state index contributed by atoms with van der Waals surface area (Å²) in [5.41, 5.74) is 2.81. The van der Waals surface area contributed by atoms with Gasteiger partial charge in [-0.2, -0.15) is 5.10 Å². The number of alkyl halides is 1. The van der Waals surface area contributed by atoms with Gasteiger partial charge in [0.1, 0.15) is 5.82 Å². The lowest BCUT2D eigenvalue weighted by molar-refractivity contribution is 0.627. The third kappa shape index (κ3) is 1.95. The minimum absolute atomic E-state index is 0.0748. The molecule has 4 heteroatoms. The summed E-state index contributed by atoms with van der Waals surface area (Å²) in [6.45, 7) is 3.85.